The number of pyridine rings is 1. The van der Waals surface area contributed by atoms with E-state index in [1.807, 2.05) is 36.4 Å². The lowest BCUT2D eigenvalue weighted by atomic mass is 10.0. The van der Waals surface area contributed by atoms with E-state index in [0.717, 1.165) is 20.8 Å². The largest absolute Gasteiger partial charge is 0.322 e. The normalized spacial score (nSPS) is 12.4. The molecule has 0 radical (unpaired) electrons. The van der Waals surface area contributed by atoms with Gasteiger partial charge in [-0.1, -0.05) is 29.8 Å². The highest BCUT2D eigenvalue weighted by molar-refractivity contribution is 9.10. The molecule has 4 heteroatoms. The number of nitrogens with two attached hydrogens (primary N) is 1. The van der Waals surface area contributed by atoms with Crippen LogP contribution in [0.5, 0.6) is 0 Å². The van der Waals surface area contributed by atoms with E-state index in [0.29, 0.717) is 6.42 Å². The van der Waals surface area contributed by atoms with Crippen molar-refractivity contribution in [3.05, 3.63) is 63.3 Å². The van der Waals surface area contributed by atoms with Gasteiger partial charge in [-0.3, -0.25) is 4.98 Å². The Bertz CT molecular complexity index is 499. The highest BCUT2D eigenvalue weighted by Crippen LogP contribution is 2.21. The van der Waals surface area contributed by atoms with E-state index in [9.17, 15) is 0 Å². The lowest BCUT2D eigenvalue weighted by Crippen LogP contribution is -2.14. The van der Waals surface area contributed by atoms with Gasteiger partial charge in [0, 0.05) is 15.7 Å². The first kappa shape index (κ1) is 12.6. The van der Waals surface area contributed by atoms with Crippen LogP contribution < -0.4 is 5.73 Å². The van der Waals surface area contributed by atoms with Crippen LogP contribution in [0.1, 0.15) is 17.3 Å². The van der Waals surface area contributed by atoms with Crippen LogP contribution in [-0.4, -0.2) is 4.98 Å². The van der Waals surface area contributed by atoms with E-state index in [4.69, 9.17) is 17.3 Å². The smallest absolute Gasteiger partial charge is 0.0575 e. The maximum absolute atomic E-state index is 6.11. The SMILES string of the molecule is NC(Cc1ccccc1Cl)c1ccc(Br)cn1. The molecule has 1 heterocycles. The van der Waals surface area contributed by atoms with E-state index in [-0.39, 0.29) is 6.04 Å². The fourth-order valence-electron chi connectivity index (χ4n) is 1.61. The van der Waals surface area contributed by atoms with Crippen molar-refractivity contribution in [3.8, 4) is 0 Å². The molecule has 1 atom stereocenters. The third kappa shape index (κ3) is 3.28. The fourth-order valence-corrected chi connectivity index (χ4v) is 2.06. The zero-order valence-electron chi connectivity index (χ0n) is 9.11. The van der Waals surface area contributed by atoms with Crippen LogP contribution in [-0.2, 0) is 6.42 Å². The summed E-state index contributed by atoms with van der Waals surface area (Å²) in [7, 11) is 0. The Kier molecular flexibility index (Phi) is 4.15. The zero-order chi connectivity index (χ0) is 12.3. The van der Waals surface area contributed by atoms with Crippen molar-refractivity contribution in [1.82, 2.24) is 4.98 Å². The van der Waals surface area contributed by atoms with E-state index >= 15 is 0 Å². The summed E-state index contributed by atoms with van der Waals surface area (Å²) >= 11 is 9.45. The average molecular weight is 312 g/mol. The summed E-state index contributed by atoms with van der Waals surface area (Å²) in [6.07, 6.45) is 2.44. The third-order valence-corrected chi connectivity index (χ3v) is 3.37. The molecule has 1 aromatic heterocycles. The highest BCUT2D eigenvalue weighted by atomic mass is 79.9. The molecular formula is C13H12BrClN2. The number of aromatic nitrogens is 1. The predicted molar refractivity (Wildman–Crippen MR) is 74.0 cm³/mol. The topological polar surface area (TPSA) is 38.9 Å². The molecule has 0 aliphatic carbocycles. The molecule has 0 fully saturated rings. The van der Waals surface area contributed by atoms with Gasteiger partial charge in [0.05, 0.1) is 11.7 Å². The summed E-state index contributed by atoms with van der Waals surface area (Å²) in [5.41, 5.74) is 8.03. The van der Waals surface area contributed by atoms with Gasteiger partial charge in [-0.2, -0.15) is 0 Å². The van der Waals surface area contributed by atoms with Gasteiger partial charge >= 0.3 is 0 Å². The van der Waals surface area contributed by atoms with Crippen LogP contribution in [0.4, 0.5) is 0 Å². The minimum Gasteiger partial charge on any atom is -0.322 e. The van der Waals surface area contributed by atoms with Crippen LogP contribution in [0.2, 0.25) is 5.02 Å². The van der Waals surface area contributed by atoms with Gasteiger partial charge in [0.25, 0.3) is 0 Å². The van der Waals surface area contributed by atoms with Crippen molar-refractivity contribution in [2.45, 2.75) is 12.5 Å². The molecule has 88 valence electrons. The van der Waals surface area contributed by atoms with Gasteiger partial charge in [0.15, 0.2) is 0 Å². The molecular weight excluding hydrogens is 300 g/mol. The molecule has 0 amide bonds. The second kappa shape index (κ2) is 5.63. The Labute approximate surface area is 114 Å². The summed E-state index contributed by atoms with van der Waals surface area (Å²) in [6, 6.07) is 11.5. The summed E-state index contributed by atoms with van der Waals surface area (Å²) in [4.78, 5) is 4.29. The third-order valence-electron chi connectivity index (χ3n) is 2.53. The molecule has 0 aliphatic rings. The molecule has 1 aromatic carbocycles. The van der Waals surface area contributed by atoms with Crippen molar-refractivity contribution in [2.24, 2.45) is 5.73 Å². The van der Waals surface area contributed by atoms with Crippen molar-refractivity contribution >= 4 is 27.5 Å². The molecule has 0 aliphatic heterocycles. The Balaban J connectivity index is 2.14. The first-order valence-electron chi connectivity index (χ1n) is 5.27. The van der Waals surface area contributed by atoms with Crippen molar-refractivity contribution in [2.75, 3.05) is 0 Å². The molecule has 2 rings (SSSR count). The first-order valence-corrected chi connectivity index (χ1v) is 6.44. The standard InChI is InChI=1S/C13H12BrClN2/c14-10-5-6-13(17-8-10)12(16)7-9-3-1-2-4-11(9)15/h1-6,8,12H,7,16H2. The van der Waals surface area contributed by atoms with Crippen LogP contribution in [0.25, 0.3) is 0 Å². The lowest BCUT2D eigenvalue weighted by molar-refractivity contribution is 0.696. The monoisotopic (exact) mass is 310 g/mol. The Morgan fingerprint density at radius 1 is 1.24 bits per heavy atom. The maximum Gasteiger partial charge on any atom is 0.0575 e. The lowest BCUT2D eigenvalue weighted by Gasteiger charge is -2.12. The minimum absolute atomic E-state index is 0.136. The minimum atomic E-state index is -0.136. The fraction of sp³-hybridized carbons (Fsp3) is 0.154. The summed E-state index contributed by atoms with van der Waals surface area (Å²) in [5, 5.41) is 0.750. The Morgan fingerprint density at radius 2 is 2.00 bits per heavy atom. The first-order chi connectivity index (χ1) is 8.16. The van der Waals surface area contributed by atoms with Crippen LogP contribution in [0, 0.1) is 0 Å². The number of hydrogen-bond donors (Lipinski definition) is 1. The van der Waals surface area contributed by atoms with Crippen molar-refractivity contribution in [3.63, 3.8) is 0 Å². The number of nitrogens with zero attached hydrogens (tertiary/aromatic N) is 1. The Hall–Kier alpha value is -0.900. The van der Waals surface area contributed by atoms with E-state index < -0.39 is 0 Å². The van der Waals surface area contributed by atoms with Gasteiger partial charge in [-0.25, -0.2) is 0 Å². The molecule has 0 saturated heterocycles. The molecule has 1 unspecified atom stereocenters. The molecule has 17 heavy (non-hydrogen) atoms. The molecule has 0 bridgehead atoms. The average Bonchev–Trinajstić information content (AvgIpc) is 2.33. The second-order valence-electron chi connectivity index (χ2n) is 3.80. The van der Waals surface area contributed by atoms with Gasteiger partial charge in [0.1, 0.15) is 0 Å². The van der Waals surface area contributed by atoms with E-state index in [2.05, 4.69) is 20.9 Å². The predicted octanol–water partition coefficient (Wildman–Crippen LogP) is 3.74. The van der Waals surface area contributed by atoms with E-state index in [1.165, 1.54) is 0 Å². The van der Waals surface area contributed by atoms with Gasteiger partial charge < -0.3 is 5.73 Å². The number of rotatable bonds is 3. The zero-order valence-corrected chi connectivity index (χ0v) is 11.4. The van der Waals surface area contributed by atoms with Crippen molar-refractivity contribution in [1.29, 1.82) is 0 Å². The summed E-state index contributed by atoms with van der Waals surface area (Å²) < 4.78 is 0.950. The highest BCUT2D eigenvalue weighted by Gasteiger charge is 2.10. The van der Waals surface area contributed by atoms with Crippen LogP contribution in [0.3, 0.4) is 0 Å². The van der Waals surface area contributed by atoms with Gasteiger partial charge in [-0.05, 0) is 46.1 Å². The van der Waals surface area contributed by atoms with Crippen LogP contribution in [0.15, 0.2) is 47.1 Å². The molecule has 2 aromatic rings. The number of benzene rings is 1. The summed E-state index contributed by atoms with van der Waals surface area (Å²) in [5.74, 6) is 0. The molecule has 2 nitrogen and oxygen atoms in total. The van der Waals surface area contributed by atoms with Crippen LogP contribution >= 0.6 is 27.5 Å². The molecule has 2 N–H and O–H groups in total. The van der Waals surface area contributed by atoms with Gasteiger partial charge in [-0.15, -0.1) is 0 Å². The maximum atomic E-state index is 6.11. The number of hydrogen-bond acceptors (Lipinski definition) is 2. The molecule has 0 saturated carbocycles. The summed E-state index contributed by atoms with van der Waals surface area (Å²) in [6.45, 7) is 0. The number of halogens is 2. The molecule has 0 spiro atoms. The Morgan fingerprint density at radius 3 is 2.65 bits per heavy atom. The van der Waals surface area contributed by atoms with E-state index in [1.54, 1.807) is 6.20 Å². The van der Waals surface area contributed by atoms with Gasteiger partial charge in [0.2, 0.25) is 0 Å². The van der Waals surface area contributed by atoms with Crippen molar-refractivity contribution < 1.29 is 0 Å². The second-order valence-corrected chi connectivity index (χ2v) is 5.13. The quantitative estimate of drug-likeness (QED) is 0.938.